The molecule has 18 heavy (non-hydrogen) atoms. The highest BCUT2D eigenvalue weighted by Crippen LogP contribution is 2.20. The summed E-state index contributed by atoms with van der Waals surface area (Å²) in [5.74, 6) is 0.719. The smallest absolute Gasteiger partial charge is 0.183 e. The van der Waals surface area contributed by atoms with Crippen LogP contribution < -0.4 is 9.46 Å². The molecule has 2 aromatic rings. The zero-order valence-corrected chi connectivity index (χ0v) is 11.9. The lowest BCUT2D eigenvalue weighted by Gasteiger charge is -2.05. The van der Waals surface area contributed by atoms with Gasteiger partial charge in [0.25, 0.3) is 0 Å². The first kappa shape index (κ1) is 13.5. The van der Waals surface area contributed by atoms with Crippen LogP contribution in [0.15, 0.2) is 35.4 Å². The molecule has 96 valence electrons. The molecule has 0 amide bonds. The Kier molecular flexibility index (Phi) is 4.71. The van der Waals surface area contributed by atoms with Crippen molar-refractivity contribution in [3.8, 4) is 5.75 Å². The van der Waals surface area contributed by atoms with Crippen LogP contribution in [-0.4, -0.2) is 16.2 Å². The van der Waals surface area contributed by atoms with Crippen LogP contribution in [-0.2, 0) is 17.6 Å². The Morgan fingerprint density at radius 3 is 2.72 bits per heavy atom. The van der Waals surface area contributed by atoms with Gasteiger partial charge in [-0.25, -0.2) is 13.9 Å². The summed E-state index contributed by atoms with van der Waals surface area (Å²) in [6.07, 6.45) is 1.69. The number of benzene rings is 1. The van der Waals surface area contributed by atoms with Crippen molar-refractivity contribution in [3.05, 3.63) is 39.8 Å². The van der Waals surface area contributed by atoms with E-state index in [4.69, 9.17) is 16.3 Å². The first-order valence-corrected chi connectivity index (χ1v) is 7.45. The number of aromatic nitrogens is 1. The molecule has 7 heteroatoms. The molecule has 0 fully saturated rings. The number of nitrogens with zero attached hydrogens (tertiary/aromatic N) is 1. The molecule has 1 atom stereocenters. The largest absolute Gasteiger partial charge is 0.488 e. The van der Waals surface area contributed by atoms with Crippen LogP contribution in [0.5, 0.6) is 5.75 Å². The van der Waals surface area contributed by atoms with Crippen molar-refractivity contribution in [1.82, 2.24) is 9.71 Å². The molecular formula is C11H11ClN2O2S2. The average molecular weight is 303 g/mol. The summed E-state index contributed by atoms with van der Waals surface area (Å²) in [5, 5.41) is 0. The standard InChI is InChI=1S/C11H11ClN2O2S2/c1-13-18(15)10-4-2-8(3-5-10)16-7-9-6-14-11(12)17-9/h2-6,13H,7H2,1H3. The molecular weight excluding hydrogens is 292 g/mol. The molecule has 0 bridgehead atoms. The fourth-order valence-electron chi connectivity index (χ4n) is 1.28. The van der Waals surface area contributed by atoms with E-state index in [1.165, 1.54) is 11.3 Å². The molecule has 1 heterocycles. The molecule has 1 unspecified atom stereocenters. The summed E-state index contributed by atoms with van der Waals surface area (Å²) in [7, 11) is 0.481. The summed E-state index contributed by atoms with van der Waals surface area (Å²) in [4.78, 5) is 5.61. The number of rotatable bonds is 5. The highest BCUT2D eigenvalue weighted by molar-refractivity contribution is 7.83. The molecule has 0 aliphatic heterocycles. The maximum absolute atomic E-state index is 11.4. The lowest BCUT2D eigenvalue weighted by atomic mass is 10.3. The van der Waals surface area contributed by atoms with Gasteiger partial charge in [0, 0.05) is 6.20 Å². The third-order valence-corrected chi connectivity index (χ3v) is 4.29. The number of hydrogen-bond donors (Lipinski definition) is 1. The van der Waals surface area contributed by atoms with E-state index in [-0.39, 0.29) is 0 Å². The highest BCUT2D eigenvalue weighted by atomic mass is 35.5. The molecule has 0 saturated heterocycles. The Bertz CT molecular complexity index is 542. The first-order chi connectivity index (χ1) is 8.69. The lowest BCUT2D eigenvalue weighted by Crippen LogP contribution is -2.10. The number of nitrogens with one attached hydrogen (secondary N) is 1. The molecule has 1 N–H and O–H groups in total. The summed E-state index contributed by atoms with van der Waals surface area (Å²) >= 11 is 7.11. The second-order valence-electron chi connectivity index (χ2n) is 3.31. The van der Waals surface area contributed by atoms with Crippen LogP contribution in [0.4, 0.5) is 0 Å². The van der Waals surface area contributed by atoms with Crippen LogP contribution in [0.1, 0.15) is 4.88 Å². The van der Waals surface area contributed by atoms with Crippen LogP contribution in [0.2, 0.25) is 4.47 Å². The van der Waals surface area contributed by atoms with Gasteiger partial charge < -0.3 is 4.74 Å². The van der Waals surface area contributed by atoms with Gasteiger partial charge in [-0.1, -0.05) is 11.6 Å². The van der Waals surface area contributed by atoms with Crippen molar-refractivity contribution in [2.75, 3.05) is 7.05 Å². The second kappa shape index (κ2) is 6.29. The van der Waals surface area contributed by atoms with Crippen molar-refractivity contribution in [2.45, 2.75) is 11.5 Å². The van der Waals surface area contributed by atoms with Crippen LogP contribution >= 0.6 is 22.9 Å². The zero-order chi connectivity index (χ0) is 13.0. The van der Waals surface area contributed by atoms with Crippen molar-refractivity contribution in [3.63, 3.8) is 0 Å². The van der Waals surface area contributed by atoms with Crippen molar-refractivity contribution >= 4 is 33.9 Å². The number of hydrogen-bond acceptors (Lipinski definition) is 4. The van der Waals surface area contributed by atoms with Gasteiger partial charge in [-0.2, -0.15) is 0 Å². The summed E-state index contributed by atoms with van der Waals surface area (Å²) in [5.41, 5.74) is 0. The predicted octanol–water partition coefficient (Wildman–Crippen LogP) is 2.62. The molecule has 0 aliphatic carbocycles. The molecule has 4 nitrogen and oxygen atoms in total. The molecule has 0 spiro atoms. The van der Waals surface area contributed by atoms with Crippen LogP contribution in [0, 0.1) is 0 Å². The summed E-state index contributed by atoms with van der Waals surface area (Å²) in [6, 6.07) is 7.10. The molecule has 2 rings (SSSR count). The van der Waals surface area contributed by atoms with Crippen molar-refractivity contribution in [2.24, 2.45) is 0 Å². The van der Waals surface area contributed by atoms with E-state index < -0.39 is 11.0 Å². The lowest BCUT2D eigenvalue weighted by molar-refractivity contribution is 0.309. The Morgan fingerprint density at radius 1 is 1.44 bits per heavy atom. The van der Waals surface area contributed by atoms with Gasteiger partial charge >= 0.3 is 0 Å². The second-order valence-corrected chi connectivity index (χ2v) is 6.43. The van der Waals surface area contributed by atoms with Crippen molar-refractivity contribution < 1.29 is 8.95 Å². The highest BCUT2D eigenvalue weighted by Gasteiger charge is 2.03. The van der Waals surface area contributed by atoms with Gasteiger partial charge in [0.05, 0.1) is 9.77 Å². The number of ether oxygens (including phenoxy) is 1. The van der Waals surface area contributed by atoms with E-state index in [1.807, 2.05) is 0 Å². The van der Waals surface area contributed by atoms with Crippen LogP contribution in [0.3, 0.4) is 0 Å². The van der Waals surface area contributed by atoms with Gasteiger partial charge in [-0.3, -0.25) is 0 Å². The Balaban J connectivity index is 1.96. The average Bonchev–Trinajstić information content (AvgIpc) is 2.82. The minimum Gasteiger partial charge on any atom is -0.488 e. The van der Waals surface area contributed by atoms with E-state index >= 15 is 0 Å². The fraction of sp³-hybridized carbons (Fsp3) is 0.182. The van der Waals surface area contributed by atoms with Crippen molar-refractivity contribution in [1.29, 1.82) is 0 Å². The first-order valence-electron chi connectivity index (χ1n) is 5.11. The normalized spacial score (nSPS) is 12.3. The number of thiazole rings is 1. The van der Waals surface area contributed by atoms with E-state index in [0.29, 0.717) is 16.0 Å². The van der Waals surface area contributed by atoms with Gasteiger partial charge in [-0.15, -0.1) is 11.3 Å². The minimum atomic E-state index is -1.17. The molecule has 1 aromatic carbocycles. The molecule has 0 aliphatic rings. The quantitative estimate of drug-likeness (QED) is 0.923. The van der Waals surface area contributed by atoms with Gasteiger partial charge in [-0.05, 0) is 31.3 Å². The minimum absolute atomic E-state index is 0.429. The molecule has 1 aromatic heterocycles. The van der Waals surface area contributed by atoms with Gasteiger partial charge in [0.2, 0.25) is 0 Å². The predicted molar refractivity (Wildman–Crippen MR) is 73.4 cm³/mol. The molecule has 0 radical (unpaired) electrons. The van der Waals surface area contributed by atoms with E-state index in [0.717, 1.165) is 10.6 Å². The Morgan fingerprint density at radius 2 is 2.17 bits per heavy atom. The zero-order valence-electron chi connectivity index (χ0n) is 9.55. The number of halogens is 1. The summed E-state index contributed by atoms with van der Waals surface area (Å²) < 4.78 is 20.2. The van der Waals surface area contributed by atoms with Crippen LogP contribution in [0.25, 0.3) is 0 Å². The Hall–Kier alpha value is -0.950. The Labute approximate surface area is 117 Å². The molecule has 0 saturated carbocycles. The third-order valence-electron chi connectivity index (χ3n) is 2.13. The van der Waals surface area contributed by atoms with Gasteiger partial charge in [0.15, 0.2) is 4.47 Å². The monoisotopic (exact) mass is 302 g/mol. The fourth-order valence-corrected chi connectivity index (χ4v) is 2.79. The summed E-state index contributed by atoms with van der Waals surface area (Å²) in [6.45, 7) is 0.429. The third kappa shape index (κ3) is 3.52. The maximum atomic E-state index is 11.4. The van der Waals surface area contributed by atoms with E-state index in [2.05, 4.69) is 9.71 Å². The van der Waals surface area contributed by atoms with E-state index in [9.17, 15) is 4.21 Å². The SMILES string of the molecule is CNS(=O)c1ccc(OCc2cnc(Cl)s2)cc1. The maximum Gasteiger partial charge on any atom is 0.183 e. The van der Waals surface area contributed by atoms with Gasteiger partial charge in [0.1, 0.15) is 23.3 Å². The topological polar surface area (TPSA) is 51.2 Å². The van der Waals surface area contributed by atoms with E-state index in [1.54, 1.807) is 37.5 Å².